The Bertz CT molecular complexity index is 101. The molecule has 0 N–H and O–H groups in total. The zero-order valence-corrected chi connectivity index (χ0v) is 7.41. The number of ketones is 1. The topological polar surface area (TPSA) is 17.1 Å². The third-order valence-corrected chi connectivity index (χ3v) is 3.11. The Kier molecular flexibility index (Phi) is 2.09. The highest BCUT2D eigenvalue weighted by molar-refractivity contribution is 9.10. The summed E-state index contributed by atoms with van der Waals surface area (Å²) in [5.74, 6) is 0.296. The van der Waals surface area contributed by atoms with Crippen molar-refractivity contribution >= 4 is 37.6 Å². The monoisotopic (exact) mass is 240 g/mol. The van der Waals surface area contributed by atoms with Gasteiger partial charge in [0.05, 0.1) is 9.65 Å². The molecule has 0 spiro atoms. The molecule has 0 aromatic carbocycles. The molecule has 0 amide bonds. The van der Waals surface area contributed by atoms with Gasteiger partial charge in [-0.1, -0.05) is 31.9 Å². The van der Waals surface area contributed by atoms with Crippen molar-refractivity contribution in [3.05, 3.63) is 0 Å². The molecule has 46 valence electrons. The zero-order chi connectivity index (χ0) is 6.15. The standard InChI is InChI=1S/C5H6Br2O/c6-3-1-2-4(7)5(3)8/h3-4H,1-2H2/t3-,4+. The van der Waals surface area contributed by atoms with Crippen LogP contribution in [-0.2, 0) is 4.79 Å². The van der Waals surface area contributed by atoms with Gasteiger partial charge < -0.3 is 0 Å². The molecule has 8 heavy (non-hydrogen) atoms. The number of carbonyl (C=O) groups is 1. The lowest BCUT2D eigenvalue weighted by atomic mass is 10.4. The van der Waals surface area contributed by atoms with Crippen LogP contribution in [0.3, 0.4) is 0 Å². The summed E-state index contributed by atoms with van der Waals surface area (Å²) in [7, 11) is 0. The highest BCUT2D eigenvalue weighted by atomic mass is 79.9. The number of hydrogen-bond donors (Lipinski definition) is 0. The van der Waals surface area contributed by atoms with Crippen molar-refractivity contribution in [3.8, 4) is 0 Å². The van der Waals surface area contributed by atoms with Crippen molar-refractivity contribution in [1.82, 2.24) is 0 Å². The zero-order valence-electron chi connectivity index (χ0n) is 4.23. The molecule has 1 nitrogen and oxygen atoms in total. The first-order valence-electron chi connectivity index (χ1n) is 2.53. The Morgan fingerprint density at radius 3 is 1.75 bits per heavy atom. The first-order valence-corrected chi connectivity index (χ1v) is 4.37. The van der Waals surface area contributed by atoms with Crippen LogP contribution in [0.2, 0.25) is 0 Å². The van der Waals surface area contributed by atoms with Crippen LogP contribution in [0, 0.1) is 0 Å². The molecular weight excluding hydrogens is 236 g/mol. The molecule has 3 heteroatoms. The van der Waals surface area contributed by atoms with Crippen molar-refractivity contribution in [2.24, 2.45) is 0 Å². The Balaban J connectivity index is 2.57. The minimum atomic E-state index is 0.117. The largest absolute Gasteiger partial charge is 0.297 e. The normalized spacial score (nSPS) is 38.5. The lowest BCUT2D eigenvalue weighted by molar-refractivity contribution is -0.116. The van der Waals surface area contributed by atoms with Gasteiger partial charge in [0.1, 0.15) is 0 Å². The average Bonchev–Trinajstić information content (AvgIpc) is 1.98. The highest BCUT2D eigenvalue weighted by Crippen LogP contribution is 2.26. The van der Waals surface area contributed by atoms with Gasteiger partial charge in [-0.3, -0.25) is 4.79 Å². The van der Waals surface area contributed by atoms with Gasteiger partial charge in [0.2, 0.25) is 0 Å². The summed E-state index contributed by atoms with van der Waals surface area (Å²) in [4.78, 5) is 11.0. The van der Waals surface area contributed by atoms with E-state index in [9.17, 15) is 4.79 Å². The van der Waals surface area contributed by atoms with E-state index in [1.807, 2.05) is 0 Å². The molecule has 1 saturated carbocycles. The Labute approximate surface area is 65.1 Å². The first kappa shape index (κ1) is 6.75. The second kappa shape index (κ2) is 2.48. The molecule has 1 fully saturated rings. The van der Waals surface area contributed by atoms with E-state index in [4.69, 9.17) is 0 Å². The minimum Gasteiger partial charge on any atom is -0.297 e. The van der Waals surface area contributed by atoms with Gasteiger partial charge in [-0.25, -0.2) is 0 Å². The Morgan fingerprint density at radius 1 is 1.25 bits per heavy atom. The molecule has 0 bridgehead atoms. The third-order valence-electron chi connectivity index (χ3n) is 1.29. The summed E-state index contributed by atoms with van der Waals surface area (Å²) in [6, 6.07) is 0. The minimum absolute atomic E-state index is 0.117. The van der Waals surface area contributed by atoms with E-state index in [0.29, 0.717) is 5.78 Å². The predicted octanol–water partition coefficient (Wildman–Crippen LogP) is 1.88. The van der Waals surface area contributed by atoms with Crippen LogP contribution >= 0.6 is 31.9 Å². The number of halogens is 2. The quantitative estimate of drug-likeness (QED) is 0.592. The molecule has 0 radical (unpaired) electrons. The van der Waals surface area contributed by atoms with Crippen molar-refractivity contribution in [2.75, 3.05) is 0 Å². The van der Waals surface area contributed by atoms with Crippen LogP contribution in [0.1, 0.15) is 12.8 Å². The van der Waals surface area contributed by atoms with Gasteiger partial charge >= 0.3 is 0 Å². The maximum absolute atomic E-state index is 10.8. The van der Waals surface area contributed by atoms with Crippen LogP contribution in [-0.4, -0.2) is 15.4 Å². The molecule has 0 aromatic heterocycles. The molecule has 1 rings (SSSR count). The second-order valence-corrected chi connectivity index (χ2v) is 4.13. The van der Waals surface area contributed by atoms with Crippen molar-refractivity contribution in [3.63, 3.8) is 0 Å². The van der Waals surface area contributed by atoms with Gasteiger partial charge in [0.25, 0.3) is 0 Å². The van der Waals surface area contributed by atoms with Gasteiger partial charge in [-0.2, -0.15) is 0 Å². The molecule has 2 atom stereocenters. The van der Waals surface area contributed by atoms with E-state index in [1.165, 1.54) is 0 Å². The summed E-state index contributed by atoms with van der Waals surface area (Å²) in [5.41, 5.74) is 0. The van der Waals surface area contributed by atoms with E-state index in [-0.39, 0.29) is 9.65 Å². The lowest BCUT2D eigenvalue weighted by Gasteiger charge is -1.93. The Morgan fingerprint density at radius 2 is 1.62 bits per heavy atom. The van der Waals surface area contributed by atoms with E-state index in [2.05, 4.69) is 31.9 Å². The molecule has 0 aliphatic heterocycles. The third kappa shape index (κ3) is 1.13. The van der Waals surface area contributed by atoms with Crippen molar-refractivity contribution in [1.29, 1.82) is 0 Å². The molecule has 1 aliphatic carbocycles. The maximum atomic E-state index is 10.8. The predicted molar refractivity (Wildman–Crippen MR) is 39.7 cm³/mol. The number of alkyl halides is 2. The molecule has 0 heterocycles. The summed E-state index contributed by atoms with van der Waals surface area (Å²) in [6.07, 6.45) is 1.96. The fraction of sp³-hybridized carbons (Fsp3) is 0.800. The summed E-state index contributed by atoms with van der Waals surface area (Å²) in [5, 5.41) is 0. The summed E-state index contributed by atoms with van der Waals surface area (Å²) >= 11 is 6.53. The molecule has 0 unspecified atom stereocenters. The molecule has 0 saturated heterocycles. The van der Waals surface area contributed by atoms with Gasteiger partial charge in [0, 0.05) is 0 Å². The lowest BCUT2D eigenvalue weighted by Crippen LogP contribution is -2.11. The van der Waals surface area contributed by atoms with E-state index >= 15 is 0 Å². The van der Waals surface area contributed by atoms with Crippen molar-refractivity contribution in [2.45, 2.75) is 22.5 Å². The van der Waals surface area contributed by atoms with E-state index in [1.54, 1.807) is 0 Å². The van der Waals surface area contributed by atoms with Gasteiger partial charge in [0.15, 0.2) is 5.78 Å². The average molecular weight is 242 g/mol. The van der Waals surface area contributed by atoms with Crippen LogP contribution in [0.15, 0.2) is 0 Å². The first-order chi connectivity index (χ1) is 3.72. The number of rotatable bonds is 0. The number of carbonyl (C=O) groups excluding carboxylic acids is 1. The SMILES string of the molecule is O=C1[C@H](Br)CC[C@@H]1Br. The van der Waals surface area contributed by atoms with Crippen LogP contribution < -0.4 is 0 Å². The number of Topliss-reactive ketones (excluding diaryl/α,β-unsaturated/α-hetero) is 1. The molecule has 1 aliphatic rings. The second-order valence-electron chi connectivity index (χ2n) is 1.91. The molecule has 0 aromatic rings. The van der Waals surface area contributed by atoms with Crippen molar-refractivity contribution < 1.29 is 4.79 Å². The van der Waals surface area contributed by atoms with Gasteiger partial charge in [-0.05, 0) is 12.8 Å². The number of hydrogen-bond acceptors (Lipinski definition) is 1. The summed E-state index contributed by atoms with van der Waals surface area (Å²) < 4.78 is 0. The van der Waals surface area contributed by atoms with Crippen LogP contribution in [0.25, 0.3) is 0 Å². The van der Waals surface area contributed by atoms with E-state index < -0.39 is 0 Å². The Hall–Kier alpha value is 0.630. The maximum Gasteiger partial charge on any atom is 0.160 e. The molecular formula is C5H6Br2O. The van der Waals surface area contributed by atoms with E-state index in [0.717, 1.165) is 12.8 Å². The van der Waals surface area contributed by atoms with Crippen LogP contribution in [0.4, 0.5) is 0 Å². The smallest absolute Gasteiger partial charge is 0.160 e. The highest BCUT2D eigenvalue weighted by Gasteiger charge is 2.29. The summed E-state index contributed by atoms with van der Waals surface area (Å²) in [6.45, 7) is 0. The van der Waals surface area contributed by atoms with Gasteiger partial charge in [-0.15, -0.1) is 0 Å². The fourth-order valence-electron chi connectivity index (χ4n) is 0.773. The fourth-order valence-corrected chi connectivity index (χ4v) is 2.29. The van der Waals surface area contributed by atoms with Crippen LogP contribution in [0.5, 0.6) is 0 Å².